The topological polar surface area (TPSA) is 38.4 Å². The molecule has 0 aliphatic heterocycles. The third kappa shape index (κ3) is 4.69. The maximum atomic E-state index is 13.0. The van der Waals surface area contributed by atoms with E-state index in [1.54, 1.807) is 17.8 Å². The van der Waals surface area contributed by atoms with Crippen LogP contribution in [0.25, 0.3) is 0 Å². The van der Waals surface area contributed by atoms with Gasteiger partial charge in [-0.1, -0.05) is 42.6 Å². The van der Waals surface area contributed by atoms with E-state index < -0.39 is 5.82 Å². The lowest BCUT2D eigenvalue weighted by Crippen LogP contribution is -2.13. The van der Waals surface area contributed by atoms with Crippen LogP contribution in [0.3, 0.4) is 0 Å². The standard InChI is InChI=1S/C14H18ClFN2S/c15-12-8-11(6-7-13(12)16)18-14(17)19-9-10-4-2-1-3-5-10/h6-8,10H,1-5,9H2,(H2,17,18). The van der Waals surface area contributed by atoms with Crippen molar-refractivity contribution in [3.63, 3.8) is 0 Å². The number of nitrogens with zero attached hydrogens (tertiary/aromatic N) is 1. The monoisotopic (exact) mass is 300 g/mol. The van der Waals surface area contributed by atoms with Crippen LogP contribution in [-0.2, 0) is 0 Å². The first-order valence-electron chi connectivity index (χ1n) is 6.57. The minimum absolute atomic E-state index is 0.0753. The number of hydrogen-bond acceptors (Lipinski definition) is 2. The summed E-state index contributed by atoms with van der Waals surface area (Å²) in [6.45, 7) is 0. The lowest BCUT2D eigenvalue weighted by molar-refractivity contribution is 0.391. The largest absolute Gasteiger partial charge is 0.378 e. The average molecular weight is 301 g/mol. The highest BCUT2D eigenvalue weighted by Gasteiger charge is 2.13. The smallest absolute Gasteiger partial charge is 0.159 e. The van der Waals surface area contributed by atoms with Gasteiger partial charge in [0.1, 0.15) is 5.82 Å². The summed E-state index contributed by atoms with van der Waals surface area (Å²) < 4.78 is 13.0. The van der Waals surface area contributed by atoms with Gasteiger partial charge in [-0.05, 0) is 37.0 Å². The Morgan fingerprint density at radius 3 is 2.79 bits per heavy atom. The summed E-state index contributed by atoms with van der Waals surface area (Å²) in [6.07, 6.45) is 6.61. The number of hydrogen-bond donors (Lipinski definition) is 1. The Bertz CT molecular complexity index is 459. The predicted octanol–water partition coefficient (Wildman–Crippen LogP) is 4.74. The van der Waals surface area contributed by atoms with Gasteiger partial charge in [0.15, 0.2) is 5.17 Å². The molecule has 1 aromatic carbocycles. The van der Waals surface area contributed by atoms with Gasteiger partial charge < -0.3 is 5.73 Å². The minimum atomic E-state index is -0.436. The van der Waals surface area contributed by atoms with E-state index in [0.29, 0.717) is 10.9 Å². The maximum absolute atomic E-state index is 13.0. The number of amidine groups is 1. The Labute approximate surface area is 122 Å². The molecule has 104 valence electrons. The number of rotatable bonds is 3. The second-order valence-electron chi connectivity index (χ2n) is 4.86. The molecule has 1 aromatic rings. The van der Waals surface area contributed by atoms with E-state index in [0.717, 1.165) is 11.7 Å². The zero-order valence-corrected chi connectivity index (χ0v) is 12.3. The highest BCUT2D eigenvalue weighted by molar-refractivity contribution is 8.13. The Kier molecular flexibility index (Phi) is 5.52. The Hall–Kier alpha value is -0.740. The third-order valence-electron chi connectivity index (χ3n) is 3.33. The van der Waals surface area contributed by atoms with Gasteiger partial charge in [0.05, 0.1) is 10.7 Å². The molecule has 0 unspecified atom stereocenters. The van der Waals surface area contributed by atoms with Crippen molar-refractivity contribution < 1.29 is 4.39 Å². The van der Waals surface area contributed by atoms with Crippen molar-refractivity contribution in [3.05, 3.63) is 29.0 Å². The van der Waals surface area contributed by atoms with Crippen LogP contribution < -0.4 is 5.73 Å². The van der Waals surface area contributed by atoms with Gasteiger partial charge in [0.2, 0.25) is 0 Å². The second kappa shape index (κ2) is 7.15. The van der Waals surface area contributed by atoms with Gasteiger partial charge in [-0.15, -0.1) is 0 Å². The van der Waals surface area contributed by atoms with Crippen molar-refractivity contribution in [2.24, 2.45) is 16.6 Å². The van der Waals surface area contributed by atoms with Crippen molar-refractivity contribution in [2.75, 3.05) is 5.75 Å². The van der Waals surface area contributed by atoms with Crippen LogP contribution in [0.15, 0.2) is 23.2 Å². The molecule has 0 amide bonds. The first kappa shape index (κ1) is 14.7. The molecular weight excluding hydrogens is 283 g/mol. The normalized spacial score (nSPS) is 17.7. The fourth-order valence-electron chi connectivity index (χ4n) is 2.27. The molecule has 1 saturated carbocycles. The highest BCUT2D eigenvalue weighted by atomic mass is 35.5. The van der Waals surface area contributed by atoms with Gasteiger partial charge in [-0.3, -0.25) is 0 Å². The number of aliphatic imine (C=N–C) groups is 1. The Balaban J connectivity index is 1.88. The molecule has 0 aromatic heterocycles. The molecule has 1 fully saturated rings. The SMILES string of the molecule is NC(=Nc1ccc(F)c(Cl)c1)SCC1CCCCC1. The highest BCUT2D eigenvalue weighted by Crippen LogP contribution is 2.27. The summed E-state index contributed by atoms with van der Waals surface area (Å²) in [6, 6.07) is 4.38. The molecule has 0 radical (unpaired) electrons. The van der Waals surface area contributed by atoms with Crippen molar-refractivity contribution in [1.82, 2.24) is 0 Å². The van der Waals surface area contributed by atoms with Crippen LogP contribution in [0.5, 0.6) is 0 Å². The summed E-state index contributed by atoms with van der Waals surface area (Å²) >= 11 is 7.28. The van der Waals surface area contributed by atoms with E-state index in [-0.39, 0.29) is 5.02 Å². The molecule has 0 heterocycles. The van der Waals surface area contributed by atoms with Crippen LogP contribution in [0, 0.1) is 11.7 Å². The summed E-state index contributed by atoms with van der Waals surface area (Å²) in [5.74, 6) is 1.34. The fraction of sp³-hybridized carbons (Fsp3) is 0.500. The van der Waals surface area contributed by atoms with Gasteiger partial charge in [-0.25, -0.2) is 9.38 Å². The number of nitrogens with two attached hydrogens (primary N) is 1. The van der Waals surface area contributed by atoms with Crippen LogP contribution in [0.1, 0.15) is 32.1 Å². The predicted molar refractivity (Wildman–Crippen MR) is 81.7 cm³/mol. The van der Waals surface area contributed by atoms with E-state index in [4.69, 9.17) is 17.3 Å². The molecule has 2 nitrogen and oxygen atoms in total. The summed E-state index contributed by atoms with van der Waals surface area (Å²) in [7, 11) is 0. The van der Waals surface area contributed by atoms with Crippen molar-refractivity contribution in [3.8, 4) is 0 Å². The lowest BCUT2D eigenvalue weighted by atomic mass is 9.91. The number of benzene rings is 1. The number of thioether (sulfide) groups is 1. The van der Waals surface area contributed by atoms with E-state index in [2.05, 4.69) is 4.99 Å². The molecule has 0 bridgehead atoms. The first-order chi connectivity index (χ1) is 9.15. The zero-order chi connectivity index (χ0) is 13.7. The molecule has 0 atom stereocenters. The summed E-state index contributed by atoms with van der Waals surface area (Å²) in [4.78, 5) is 4.25. The molecule has 0 saturated heterocycles. The Morgan fingerprint density at radius 1 is 1.37 bits per heavy atom. The van der Waals surface area contributed by atoms with E-state index in [1.807, 2.05) is 0 Å². The molecular formula is C14H18ClFN2S. The third-order valence-corrected chi connectivity index (χ3v) is 4.65. The summed E-state index contributed by atoms with van der Waals surface area (Å²) in [5.41, 5.74) is 6.48. The molecule has 1 aliphatic rings. The van der Waals surface area contributed by atoms with Gasteiger partial charge in [0.25, 0.3) is 0 Å². The van der Waals surface area contributed by atoms with E-state index in [9.17, 15) is 4.39 Å². The average Bonchev–Trinajstić information content (AvgIpc) is 2.42. The zero-order valence-electron chi connectivity index (χ0n) is 10.7. The molecule has 1 aliphatic carbocycles. The van der Waals surface area contributed by atoms with Crippen molar-refractivity contribution in [2.45, 2.75) is 32.1 Å². The van der Waals surface area contributed by atoms with Gasteiger partial charge in [0, 0.05) is 5.75 Å². The van der Waals surface area contributed by atoms with Gasteiger partial charge >= 0.3 is 0 Å². The minimum Gasteiger partial charge on any atom is -0.378 e. The van der Waals surface area contributed by atoms with Crippen molar-refractivity contribution >= 4 is 34.2 Å². The molecule has 0 spiro atoms. The van der Waals surface area contributed by atoms with E-state index >= 15 is 0 Å². The second-order valence-corrected chi connectivity index (χ2v) is 6.31. The molecule has 19 heavy (non-hydrogen) atoms. The van der Waals surface area contributed by atoms with Crippen LogP contribution >= 0.6 is 23.4 Å². The first-order valence-corrected chi connectivity index (χ1v) is 7.93. The van der Waals surface area contributed by atoms with Crippen LogP contribution in [0.2, 0.25) is 5.02 Å². The maximum Gasteiger partial charge on any atom is 0.159 e. The fourth-order valence-corrected chi connectivity index (χ4v) is 3.36. The van der Waals surface area contributed by atoms with E-state index in [1.165, 1.54) is 44.2 Å². The quantitative estimate of drug-likeness (QED) is 0.647. The molecule has 5 heteroatoms. The number of halogens is 2. The molecule has 2 N–H and O–H groups in total. The van der Waals surface area contributed by atoms with Crippen LogP contribution in [0.4, 0.5) is 10.1 Å². The Morgan fingerprint density at radius 2 is 2.11 bits per heavy atom. The molecule has 2 rings (SSSR count). The summed E-state index contributed by atoms with van der Waals surface area (Å²) in [5, 5.41) is 0.597. The van der Waals surface area contributed by atoms with Crippen LogP contribution in [-0.4, -0.2) is 10.9 Å². The van der Waals surface area contributed by atoms with Gasteiger partial charge in [-0.2, -0.15) is 0 Å². The van der Waals surface area contributed by atoms with Crippen molar-refractivity contribution in [1.29, 1.82) is 0 Å². The lowest BCUT2D eigenvalue weighted by Gasteiger charge is -2.20.